The number of nitrogens with one attached hydrogen (secondary N) is 1. The maximum absolute atomic E-state index is 5.99. The molecule has 2 aliphatic heterocycles. The van der Waals surface area contributed by atoms with Gasteiger partial charge in [0, 0.05) is 55.7 Å². The van der Waals surface area contributed by atoms with Crippen LogP contribution in [0.5, 0.6) is 0 Å². The van der Waals surface area contributed by atoms with Crippen molar-refractivity contribution in [1.29, 1.82) is 0 Å². The summed E-state index contributed by atoms with van der Waals surface area (Å²) in [5.74, 6) is 0. The van der Waals surface area contributed by atoms with Crippen LogP contribution in [0.25, 0.3) is 6.08 Å². The summed E-state index contributed by atoms with van der Waals surface area (Å²) in [5.41, 5.74) is 5.22. The minimum absolute atomic E-state index is 0.791. The fourth-order valence-corrected chi connectivity index (χ4v) is 3.88. The zero-order valence-corrected chi connectivity index (χ0v) is 16.6. The molecule has 2 heterocycles. The molecule has 0 atom stereocenters. The van der Waals surface area contributed by atoms with Crippen LogP contribution in [0.15, 0.2) is 54.2 Å². The highest BCUT2D eigenvalue weighted by Gasteiger charge is 2.19. The third-order valence-electron chi connectivity index (χ3n) is 5.35. The summed E-state index contributed by atoms with van der Waals surface area (Å²) in [6.07, 6.45) is 2.31. The van der Waals surface area contributed by atoms with Crippen molar-refractivity contribution in [2.24, 2.45) is 0 Å². The molecule has 0 bridgehead atoms. The van der Waals surface area contributed by atoms with Gasteiger partial charge < -0.3 is 15.1 Å². The molecule has 142 valence electrons. The van der Waals surface area contributed by atoms with Crippen LogP contribution < -0.4 is 10.2 Å². The average Bonchev–Trinajstić information content (AvgIpc) is 3.12. The van der Waals surface area contributed by atoms with Gasteiger partial charge in [0.05, 0.1) is 6.67 Å². The third-order valence-corrected chi connectivity index (χ3v) is 5.61. The van der Waals surface area contributed by atoms with Crippen molar-refractivity contribution < 1.29 is 0 Å². The lowest BCUT2D eigenvalue weighted by atomic mass is 10.1. The molecule has 1 N–H and O–H groups in total. The predicted octanol–water partition coefficient (Wildman–Crippen LogP) is 3.50. The monoisotopic (exact) mass is 382 g/mol. The van der Waals surface area contributed by atoms with Crippen LogP contribution in [0.2, 0.25) is 5.02 Å². The largest absolute Gasteiger partial charge is 0.375 e. The molecule has 2 aromatic carbocycles. The highest BCUT2D eigenvalue weighted by Crippen LogP contribution is 2.25. The summed E-state index contributed by atoms with van der Waals surface area (Å²) in [5, 5.41) is 4.35. The van der Waals surface area contributed by atoms with E-state index in [0.29, 0.717) is 0 Å². The van der Waals surface area contributed by atoms with Gasteiger partial charge in [0.1, 0.15) is 0 Å². The number of rotatable bonds is 4. The van der Waals surface area contributed by atoms with E-state index in [4.69, 9.17) is 11.6 Å². The van der Waals surface area contributed by atoms with Gasteiger partial charge in [-0.2, -0.15) is 0 Å². The lowest BCUT2D eigenvalue weighted by Gasteiger charge is -2.35. The summed E-state index contributed by atoms with van der Waals surface area (Å²) in [6, 6.07) is 16.9. The van der Waals surface area contributed by atoms with Gasteiger partial charge in [-0.05, 0) is 42.4 Å². The van der Waals surface area contributed by atoms with Crippen LogP contribution in [0.4, 0.5) is 5.69 Å². The van der Waals surface area contributed by atoms with Crippen LogP contribution in [-0.2, 0) is 6.54 Å². The van der Waals surface area contributed by atoms with Crippen molar-refractivity contribution >= 4 is 23.4 Å². The standard InChI is InChI=1S/C22H27ClN4/c1-25-10-12-27(13-11-25)22-5-3-2-4-19(22)14-21-16-26(17-24-21)15-18-6-8-20(23)9-7-18/h2-9,14,24H,10-13,15-17H2,1H3. The Morgan fingerprint density at radius 2 is 1.74 bits per heavy atom. The van der Waals surface area contributed by atoms with E-state index in [9.17, 15) is 0 Å². The summed E-state index contributed by atoms with van der Waals surface area (Å²) in [4.78, 5) is 7.31. The first-order valence-corrected chi connectivity index (χ1v) is 9.99. The van der Waals surface area contributed by atoms with Crippen molar-refractivity contribution in [2.45, 2.75) is 6.54 Å². The van der Waals surface area contributed by atoms with E-state index in [2.05, 4.69) is 69.5 Å². The normalized spacial score (nSPS) is 20.2. The number of hydrogen-bond donors (Lipinski definition) is 1. The van der Waals surface area contributed by atoms with Crippen LogP contribution in [0.1, 0.15) is 11.1 Å². The second kappa shape index (κ2) is 8.34. The first-order valence-electron chi connectivity index (χ1n) is 9.61. The van der Waals surface area contributed by atoms with Crippen molar-refractivity contribution in [3.8, 4) is 0 Å². The Kier molecular flexibility index (Phi) is 5.67. The first-order chi connectivity index (χ1) is 13.2. The maximum atomic E-state index is 5.99. The molecule has 0 aliphatic carbocycles. The molecule has 0 radical (unpaired) electrons. The molecule has 27 heavy (non-hydrogen) atoms. The molecule has 0 saturated carbocycles. The van der Waals surface area contributed by atoms with E-state index in [-0.39, 0.29) is 0 Å². The fraction of sp³-hybridized carbons (Fsp3) is 0.364. The van der Waals surface area contributed by atoms with Gasteiger partial charge in [0.15, 0.2) is 0 Å². The molecular formula is C22H27ClN4. The minimum Gasteiger partial charge on any atom is -0.375 e. The van der Waals surface area contributed by atoms with Crippen molar-refractivity contribution in [3.63, 3.8) is 0 Å². The van der Waals surface area contributed by atoms with Crippen molar-refractivity contribution in [3.05, 3.63) is 70.4 Å². The summed E-state index contributed by atoms with van der Waals surface area (Å²) >= 11 is 5.99. The van der Waals surface area contributed by atoms with Crippen LogP contribution in [0.3, 0.4) is 0 Å². The lowest BCUT2D eigenvalue weighted by Crippen LogP contribution is -2.44. The van der Waals surface area contributed by atoms with E-state index in [0.717, 1.165) is 51.0 Å². The zero-order valence-electron chi connectivity index (χ0n) is 15.9. The van der Waals surface area contributed by atoms with E-state index in [1.807, 2.05) is 12.1 Å². The van der Waals surface area contributed by atoms with Gasteiger partial charge in [0.25, 0.3) is 0 Å². The molecule has 2 aliphatic rings. The average molecular weight is 383 g/mol. The molecule has 4 rings (SSSR count). The van der Waals surface area contributed by atoms with Gasteiger partial charge in [-0.1, -0.05) is 41.9 Å². The zero-order chi connectivity index (χ0) is 18.6. The highest BCUT2D eigenvalue weighted by atomic mass is 35.5. The molecule has 2 saturated heterocycles. The van der Waals surface area contributed by atoms with Crippen LogP contribution in [-0.4, -0.2) is 56.2 Å². The highest BCUT2D eigenvalue weighted by molar-refractivity contribution is 6.30. The Morgan fingerprint density at radius 3 is 2.52 bits per heavy atom. The number of para-hydroxylation sites is 1. The quantitative estimate of drug-likeness (QED) is 0.873. The number of halogens is 1. The van der Waals surface area contributed by atoms with Crippen molar-refractivity contribution in [2.75, 3.05) is 51.3 Å². The summed E-state index contributed by atoms with van der Waals surface area (Å²) in [7, 11) is 2.20. The number of hydrogen-bond acceptors (Lipinski definition) is 4. The molecule has 0 unspecified atom stereocenters. The Labute approximate surface area is 167 Å². The van der Waals surface area contributed by atoms with Crippen molar-refractivity contribution in [1.82, 2.24) is 15.1 Å². The topological polar surface area (TPSA) is 21.8 Å². The number of benzene rings is 2. The lowest BCUT2D eigenvalue weighted by molar-refractivity contribution is 0.313. The fourth-order valence-electron chi connectivity index (χ4n) is 3.76. The molecule has 4 nitrogen and oxygen atoms in total. The van der Waals surface area contributed by atoms with Gasteiger partial charge in [-0.25, -0.2) is 0 Å². The number of likely N-dealkylation sites (N-methyl/N-ethyl adjacent to an activating group) is 1. The molecule has 0 spiro atoms. The van der Waals surface area contributed by atoms with E-state index >= 15 is 0 Å². The summed E-state index contributed by atoms with van der Waals surface area (Å²) < 4.78 is 0. The first kappa shape index (κ1) is 18.4. The molecule has 2 aromatic rings. The van der Waals surface area contributed by atoms with Gasteiger partial charge >= 0.3 is 0 Å². The predicted molar refractivity (Wildman–Crippen MR) is 114 cm³/mol. The molecule has 0 aromatic heterocycles. The molecule has 2 fully saturated rings. The van der Waals surface area contributed by atoms with Gasteiger partial charge in [0.2, 0.25) is 0 Å². The summed E-state index contributed by atoms with van der Waals surface area (Å²) in [6.45, 7) is 7.18. The van der Waals surface area contributed by atoms with E-state index < -0.39 is 0 Å². The molecular weight excluding hydrogens is 356 g/mol. The smallest absolute Gasteiger partial charge is 0.0682 e. The van der Waals surface area contributed by atoms with E-state index in [1.54, 1.807) is 0 Å². The van der Waals surface area contributed by atoms with Crippen LogP contribution >= 0.6 is 11.6 Å². The van der Waals surface area contributed by atoms with Crippen LogP contribution in [0, 0.1) is 0 Å². The molecule has 5 heteroatoms. The SMILES string of the molecule is CN1CCN(c2ccccc2C=C2CN(Cc3ccc(Cl)cc3)CN2)CC1. The van der Waals surface area contributed by atoms with Gasteiger partial charge in [-0.15, -0.1) is 0 Å². The third kappa shape index (κ3) is 4.64. The Morgan fingerprint density at radius 1 is 1.00 bits per heavy atom. The second-order valence-electron chi connectivity index (χ2n) is 7.47. The Hall–Kier alpha value is -2.01. The number of nitrogens with zero attached hydrogens (tertiary/aromatic N) is 3. The van der Waals surface area contributed by atoms with E-state index in [1.165, 1.54) is 22.5 Å². The maximum Gasteiger partial charge on any atom is 0.0682 e. The minimum atomic E-state index is 0.791. The number of piperazine rings is 1. The Bertz CT molecular complexity index is 794. The number of anilines is 1. The Balaban J connectivity index is 1.44. The van der Waals surface area contributed by atoms with Gasteiger partial charge in [-0.3, -0.25) is 4.90 Å². The second-order valence-corrected chi connectivity index (χ2v) is 7.90. The molecule has 0 amide bonds.